The quantitative estimate of drug-likeness (QED) is 0.192. The molecule has 0 aliphatic heterocycles. The molecule has 0 saturated carbocycles. The minimum absolute atomic E-state index is 0.0101. The van der Waals surface area contributed by atoms with Crippen molar-refractivity contribution in [3.63, 3.8) is 0 Å². The molecule has 2 amide bonds. The summed E-state index contributed by atoms with van der Waals surface area (Å²) in [7, 11) is -2.77. The van der Waals surface area contributed by atoms with Crippen LogP contribution in [0.5, 0.6) is 5.75 Å². The number of rotatable bonds is 14. The first-order valence-electron chi connectivity index (χ1n) is 14.3. The van der Waals surface area contributed by atoms with E-state index in [4.69, 9.17) is 16.3 Å². The Bertz CT molecular complexity index is 1640. The highest BCUT2D eigenvalue weighted by Gasteiger charge is 2.34. The highest BCUT2D eigenvalue weighted by atomic mass is 35.5. The van der Waals surface area contributed by atoms with Crippen molar-refractivity contribution in [2.45, 2.75) is 37.2 Å². The minimum Gasteiger partial charge on any atom is -0.495 e. The zero-order chi connectivity index (χ0) is 31.5. The van der Waals surface area contributed by atoms with E-state index in [0.29, 0.717) is 12.3 Å². The van der Waals surface area contributed by atoms with Crippen molar-refractivity contribution in [2.75, 3.05) is 24.5 Å². The van der Waals surface area contributed by atoms with Gasteiger partial charge in [0.2, 0.25) is 11.8 Å². The van der Waals surface area contributed by atoms with Gasteiger partial charge >= 0.3 is 0 Å². The number of anilines is 1. The number of hydrogen-bond donors (Lipinski definition) is 1. The topological polar surface area (TPSA) is 96.0 Å². The monoisotopic (exact) mass is 633 g/mol. The van der Waals surface area contributed by atoms with E-state index in [-0.39, 0.29) is 34.5 Å². The van der Waals surface area contributed by atoms with Crippen LogP contribution in [0.1, 0.15) is 24.5 Å². The van der Waals surface area contributed by atoms with Gasteiger partial charge in [-0.15, -0.1) is 0 Å². The Hall–Kier alpha value is -4.34. The van der Waals surface area contributed by atoms with Crippen LogP contribution in [0, 0.1) is 0 Å². The molecule has 4 aromatic carbocycles. The molecule has 4 rings (SSSR count). The predicted octanol–water partition coefficient (Wildman–Crippen LogP) is 5.71. The van der Waals surface area contributed by atoms with E-state index in [9.17, 15) is 18.0 Å². The van der Waals surface area contributed by atoms with Crippen LogP contribution in [-0.4, -0.2) is 51.4 Å². The van der Waals surface area contributed by atoms with Crippen LogP contribution in [0.4, 0.5) is 5.69 Å². The third kappa shape index (κ3) is 8.18. The van der Waals surface area contributed by atoms with Gasteiger partial charge in [0.15, 0.2) is 0 Å². The summed E-state index contributed by atoms with van der Waals surface area (Å²) in [6, 6.07) is 30.3. The van der Waals surface area contributed by atoms with E-state index >= 15 is 0 Å². The normalized spacial score (nSPS) is 11.8. The van der Waals surface area contributed by atoms with Crippen LogP contribution in [0.3, 0.4) is 0 Å². The zero-order valence-electron chi connectivity index (χ0n) is 24.7. The SMILES string of the molecule is CCCNC(=O)[C@@H](Cc1ccccc1)N(Cc1ccccc1)C(=O)CN(c1ccc(OC)c(Cl)c1)S(=O)(=O)c1ccccc1. The summed E-state index contributed by atoms with van der Waals surface area (Å²) in [4.78, 5) is 29.5. The lowest BCUT2D eigenvalue weighted by Crippen LogP contribution is -2.53. The summed E-state index contributed by atoms with van der Waals surface area (Å²) in [6.45, 7) is 1.92. The van der Waals surface area contributed by atoms with Gasteiger partial charge < -0.3 is 15.0 Å². The maximum absolute atomic E-state index is 14.4. The van der Waals surface area contributed by atoms with Gasteiger partial charge in [-0.1, -0.05) is 97.4 Å². The van der Waals surface area contributed by atoms with Crippen LogP contribution in [0.25, 0.3) is 0 Å². The van der Waals surface area contributed by atoms with Crippen molar-refractivity contribution in [3.05, 3.63) is 125 Å². The van der Waals surface area contributed by atoms with Crippen molar-refractivity contribution in [1.82, 2.24) is 10.2 Å². The molecule has 0 saturated heterocycles. The van der Waals surface area contributed by atoms with E-state index in [1.807, 2.05) is 67.6 Å². The lowest BCUT2D eigenvalue weighted by atomic mass is 10.0. The maximum atomic E-state index is 14.4. The Morgan fingerprint density at radius 3 is 2.02 bits per heavy atom. The van der Waals surface area contributed by atoms with Crippen LogP contribution in [0.15, 0.2) is 114 Å². The fourth-order valence-corrected chi connectivity index (χ4v) is 6.44. The minimum atomic E-state index is -4.23. The molecule has 10 heteroatoms. The second-order valence-electron chi connectivity index (χ2n) is 10.1. The summed E-state index contributed by atoms with van der Waals surface area (Å²) in [5.41, 5.74) is 1.85. The van der Waals surface area contributed by atoms with Gasteiger partial charge in [-0.05, 0) is 47.9 Å². The lowest BCUT2D eigenvalue weighted by Gasteiger charge is -2.34. The first-order chi connectivity index (χ1) is 21.2. The molecule has 0 aromatic heterocycles. The van der Waals surface area contributed by atoms with Crippen molar-refractivity contribution in [3.8, 4) is 5.75 Å². The standard InChI is InChI=1S/C34H36ClN3O5S/c1-3-21-36-34(40)31(22-26-13-7-4-8-14-26)37(24-27-15-9-5-10-16-27)33(39)25-38(28-19-20-32(43-2)30(35)23-28)44(41,42)29-17-11-6-12-18-29/h4-20,23,31H,3,21-22,24-25H2,1-2H3,(H,36,40)/t31-/m1/s1. The first kappa shape index (κ1) is 32.6. The molecule has 1 N–H and O–H groups in total. The molecular weight excluding hydrogens is 598 g/mol. The fraction of sp³-hybridized carbons (Fsp3) is 0.235. The van der Waals surface area contributed by atoms with Crippen molar-refractivity contribution >= 4 is 39.1 Å². The number of methoxy groups -OCH3 is 1. The van der Waals surface area contributed by atoms with Gasteiger partial charge in [0, 0.05) is 19.5 Å². The van der Waals surface area contributed by atoms with Crippen molar-refractivity contribution in [2.24, 2.45) is 0 Å². The molecule has 0 fully saturated rings. The molecule has 8 nitrogen and oxygen atoms in total. The van der Waals surface area contributed by atoms with Crippen LogP contribution in [-0.2, 0) is 32.6 Å². The number of amides is 2. The number of ether oxygens (including phenoxy) is 1. The molecule has 0 aliphatic rings. The maximum Gasteiger partial charge on any atom is 0.264 e. The van der Waals surface area contributed by atoms with Gasteiger partial charge in [0.1, 0.15) is 18.3 Å². The molecule has 0 unspecified atom stereocenters. The second kappa shape index (κ2) is 15.4. The van der Waals surface area contributed by atoms with Gasteiger partial charge in [-0.2, -0.15) is 0 Å². The molecule has 0 radical (unpaired) electrons. The summed E-state index contributed by atoms with van der Waals surface area (Å²) in [5, 5.41) is 3.13. The Balaban J connectivity index is 1.80. The number of nitrogens with zero attached hydrogens (tertiary/aromatic N) is 2. The highest BCUT2D eigenvalue weighted by molar-refractivity contribution is 7.92. The van der Waals surface area contributed by atoms with Gasteiger partial charge in [-0.3, -0.25) is 13.9 Å². The van der Waals surface area contributed by atoms with Gasteiger partial charge in [0.05, 0.1) is 22.7 Å². The number of carbonyl (C=O) groups is 2. The van der Waals surface area contributed by atoms with Crippen LogP contribution in [0.2, 0.25) is 5.02 Å². The molecule has 1 atom stereocenters. The number of carbonyl (C=O) groups excluding carboxylic acids is 2. The third-order valence-electron chi connectivity index (χ3n) is 7.05. The van der Waals surface area contributed by atoms with Crippen molar-refractivity contribution < 1.29 is 22.7 Å². The molecule has 0 aliphatic carbocycles. The van der Waals surface area contributed by atoms with Crippen molar-refractivity contribution in [1.29, 1.82) is 0 Å². The molecule has 0 spiro atoms. The third-order valence-corrected chi connectivity index (χ3v) is 9.13. The van der Waals surface area contributed by atoms with Crippen LogP contribution >= 0.6 is 11.6 Å². The predicted molar refractivity (Wildman–Crippen MR) is 173 cm³/mol. The van der Waals surface area contributed by atoms with E-state index < -0.39 is 28.5 Å². The Morgan fingerprint density at radius 2 is 1.45 bits per heavy atom. The number of halogens is 1. The number of sulfonamides is 1. The molecular formula is C34H36ClN3O5S. The van der Waals surface area contributed by atoms with E-state index in [1.165, 1.54) is 36.3 Å². The summed E-state index contributed by atoms with van der Waals surface area (Å²) in [5.74, 6) is -0.502. The fourth-order valence-electron chi connectivity index (χ4n) is 4.76. The summed E-state index contributed by atoms with van der Waals surface area (Å²) >= 11 is 6.41. The lowest BCUT2D eigenvalue weighted by molar-refractivity contribution is -0.140. The van der Waals surface area contributed by atoms with E-state index in [2.05, 4.69) is 5.32 Å². The Labute approximate surface area is 264 Å². The molecule has 44 heavy (non-hydrogen) atoms. The average Bonchev–Trinajstić information content (AvgIpc) is 3.05. The molecule has 0 heterocycles. The second-order valence-corrected chi connectivity index (χ2v) is 12.4. The first-order valence-corrected chi connectivity index (χ1v) is 16.1. The van der Waals surface area contributed by atoms with E-state index in [1.54, 1.807) is 24.3 Å². The van der Waals surface area contributed by atoms with E-state index in [0.717, 1.165) is 21.9 Å². The van der Waals surface area contributed by atoms with Gasteiger partial charge in [0.25, 0.3) is 10.0 Å². The Kier molecular flexibility index (Phi) is 11.4. The smallest absolute Gasteiger partial charge is 0.264 e. The molecule has 230 valence electrons. The summed E-state index contributed by atoms with van der Waals surface area (Å²) < 4.78 is 34.4. The molecule has 0 bridgehead atoms. The number of hydrogen-bond acceptors (Lipinski definition) is 5. The van der Waals surface area contributed by atoms with Crippen LogP contribution < -0.4 is 14.4 Å². The zero-order valence-corrected chi connectivity index (χ0v) is 26.3. The number of benzene rings is 4. The number of nitrogens with one attached hydrogen (secondary N) is 1. The largest absolute Gasteiger partial charge is 0.495 e. The summed E-state index contributed by atoms with van der Waals surface area (Å²) in [6.07, 6.45) is 0.965. The Morgan fingerprint density at radius 1 is 0.864 bits per heavy atom. The molecule has 4 aromatic rings. The highest BCUT2D eigenvalue weighted by Crippen LogP contribution is 2.32. The van der Waals surface area contributed by atoms with Gasteiger partial charge in [-0.25, -0.2) is 8.42 Å². The average molecular weight is 634 g/mol.